The van der Waals surface area contributed by atoms with E-state index in [1.54, 1.807) is 6.07 Å². The predicted molar refractivity (Wildman–Crippen MR) is 115 cm³/mol. The molecule has 0 spiro atoms. The van der Waals surface area contributed by atoms with E-state index in [0.717, 1.165) is 40.0 Å². The molecule has 1 fully saturated rings. The number of esters is 1. The van der Waals surface area contributed by atoms with Crippen molar-refractivity contribution in [3.63, 3.8) is 0 Å². The smallest absolute Gasteiger partial charge is 0.326 e. The number of nitrogens with one attached hydrogen (secondary N) is 1. The molecule has 0 bridgehead atoms. The molecule has 2 heterocycles. The van der Waals surface area contributed by atoms with Gasteiger partial charge in [-0.25, -0.2) is 4.98 Å². The van der Waals surface area contributed by atoms with E-state index in [-0.39, 0.29) is 5.88 Å². The maximum Gasteiger partial charge on any atom is 0.326 e. The van der Waals surface area contributed by atoms with Gasteiger partial charge >= 0.3 is 5.97 Å². The Kier molecular flexibility index (Phi) is 5.87. The molecular formula is C21H21BrClN3O2. The van der Waals surface area contributed by atoms with E-state index < -0.39 is 5.97 Å². The molecule has 0 radical (unpaired) electrons. The third-order valence-electron chi connectivity index (χ3n) is 5.00. The normalized spacial score (nSPS) is 14.9. The second-order valence-corrected chi connectivity index (χ2v) is 8.15. The monoisotopic (exact) mass is 461 g/mol. The number of imidazole rings is 1. The largest absolute Gasteiger partial charge is 0.425 e. The third-order valence-corrected chi connectivity index (χ3v) is 5.69. The molecule has 7 heteroatoms. The molecule has 3 aromatic rings. The minimum absolute atomic E-state index is 0.195. The number of halogens is 2. The first-order valence-corrected chi connectivity index (χ1v) is 10.8. The molecule has 0 aliphatic heterocycles. The van der Waals surface area contributed by atoms with E-state index in [2.05, 4.69) is 21.2 Å². The van der Waals surface area contributed by atoms with Crippen LogP contribution in [0.25, 0.3) is 16.9 Å². The summed E-state index contributed by atoms with van der Waals surface area (Å²) in [5, 5.41) is 3.71. The highest BCUT2D eigenvalue weighted by atomic mass is 79.9. The first-order chi connectivity index (χ1) is 13.7. The lowest BCUT2D eigenvalue weighted by Gasteiger charge is -2.24. The van der Waals surface area contributed by atoms with E-state index in [4.69, 9.17) is 21.3 Å². The van der Waals surface area contributed by atoms with Gasteiger partial charge in [0.25, 0.3) is 0 Å². The molecule has 0 unspecified atom stereocenters. The van der Waals surface area contributed by atoms with Crippen LogP contribution >= 0.6 is 27.5 Å². The summed E-state index contributed by atoms with van der Waals surface area (Å²) in [4.78, 5) is 16.6. The number of rotatable bonds is 5. The summed E-state index contributed by atoms with van der Waals surface area (Å²) >= 11 is 9.18. The first kappa shape index (κ1) is 19.3. The summed E-state index contributed by atoms with van der Waals surface area (Å²) in [7, 11) is 0. The molecule has 4 rings (SSSR count). The van der Waals surface area contributed by atoms with E-state index in [9.17, 15) is 4.79 Å². The molecule has 2 aromatic heterocycles. The van der Waals surface area contributed by atoms with Crippen LogP contribution in [0.5, 0.6) is 5.75 Å². The number of carbonyl (C=O) groups excluding carboxylic acids is 1. The van der Waals surface area contributed by atoms with Gasteiger partial charge in [0, 0.05) is 22.3 Å². The van der Waals surface area contributed by atoms with Gasteiger partial charge < -0.3 is 10.1 Å². The molecule has 1 aliphatic rings. The van der Waals surface area contributed by atoms with Gasteiger partial charge in [-0.3, -0.25) is 9.20 Å². The molecule has 1 N–H and O–H groups in total. The van der Waals surface area contributed by atoms with Crippen LogP contribution in [-0.4, -0.2) is 27.3 Å². The van der Waals surface area contributed by atoms with Gasteiger partial charge in [-0.15, -0.1) is 11.6 Å². The lowest BCUT2D eigenvalue weighted by Crippen LogP contribution is -2.23. The van der Waals surface area contributed by atoms with Gasteiger partial charge in [0.1, 0.15) is 28.8 Å². The van der Waals surface area contributed by atoms with Crippen LogP contribution in [0, 0.1) is 0 Å². The van der Waals surface area contributed by atoms with E-state index in [0.29, 0.717) is 11.8 Å². The van der Waals surface area contributed by atoms with Crippen molar-refractivity contribution < 1.29 is 9.53 Å². The van der Waals surface area contributed by atoms with E-state index in [1.165, 1.54) is 19.3 Å². The number of fused-ring (bicyclic) bond motifs is 1. The summed E-state index contributed by atoms with van der Waals surface area (Å²) in [6.07, 6.45) is 8.05. The van der Waals surface area contributed by atoms with Crippen molar-refractivity contribution in [2.75, 3.05) is 11.2 Å². The molecule has 28 heavy (non-hydrogen) atoms. The number of alkyl halides is 1. The molecular weight excluding hydrogens is 442 g/mol. The van der Waals surface area contributed by atoms with Crippen LogP contribution in [0.2, 0.25) is 0 Å². The number of hydrogen-bond acceptors (Lipinski definition) is 4. The summed E-state index contributed by atoms with van der Waals surface area (Å²) in [5.74, 6) is 0.696. The van der Waals surface area contributed by atoms with Gasteiger partial charge in [-0.1, -0.05) is 31.4 Å². The van der Waals surface area contributed by atoms with E-state index >= 15 is 0 Å². The molecule has 0 atom stereocenters. The lowest BCUT2D eigenvalue weighted by molar-refractivity contribution is -0.131. The van der Waals surface area contributed by atoms with Crippen LogP contribution in [0.4, 0.5) is 5.82 Å². The molecule has 5 nitrogen and oxygen atoms in total. The Labute approximate surface area is 177 Å². The van der Waals surface area contributed by atoms with Gasteiger partial charge in [0.15, 0.2) is 0 Å². The zero-order valence-electron chi connectivity index (χ0n) is 15.3. The molecule has 1 aliphatic carbocycles. The van der Waals surface area contributed by atoms with Crippen LogP contribution in [0.15, 0.2) is 47.1 Å². The number of benzene rings is 1. The first-order valence-electron chi connectivity index (χ1n) is 9.46. The maximum atomic E-state index is 11.8. The Hall–Kier alpha value is -2.05. The number of ether oxygens (including phenoxy) is 1. The number of anilines is 1. The van der Waals surface area contributed by atoms with Crippen molar-refractivity contribution in [2.24, 2.45) is 0 Å². The topological polar surface area (TPSA) is 55.6 Å². The Balaban J connectivity index is 1.82. The molecule has 0 saturated heterocycles. The molecule has 1 saturated carbocycles. The van der Waals surface area contributed by atoms with Gasteiger partial charge in [0.2, 0.25) is 0 Å². The van der Waals surface area contributed by atoms with Crippen LogP contribution in [-0.2, 0) is 4.79 Å². The number of pyridine rings is 1. The van der Waals surface area contributed by atoms with Gasteiger partial charge in [-0.2, -0.15) is 0 Å². The number of hydrogen-bond donors (Lipinski definition) is 1. The molecule has 0 amide bonds. The van der Waals surface area contributed by atoms with E-state index in [1.807, 2.05) is 40.9 Å². The fourth-order valence-corrected chi connectivity index (χ4v) is 4.08. The fourth-order valence-electron chi connectivity index (χ4n) is 3.69. The quantitative estimate of drug-likeness (QED) is 0.302. The molecule has 1 aromatic carbocycles. The van der Waals surface area contributed by atoms with Crippen molar-refractivity contribution in [1.29, 1.82) is 0 Å². The second-order valence-electron chi connectivity index (χ2n) is 6.97. The molecule has 146 valence electrons. The minimum atomic E-state index is -0.484. The predicted octanol–water partition coefficient (Wildman–Crippen LogP) is 5.65. The number of carbonyl (C=O) groups is 1. The zero-order chi connectivity index (χ0) is 19.5. The van der Waals surface area contributed by atoms with Crippen molar-refractivity contribution in [2.45, 2.75) is 38.1 Å². The highest BCUT2D eigenvalue weighted by molar-refractivity contribution is 9.10. The fraction of sp³-hybridized carbons (Fsp3) is 0.333. The standard InChI is InChI=1S/C21H21BrClN3O2/c22-14-10-11-18-25-20(16-8-4-5-9-17(16)28-19(27)12-23)21(26(18)13-14)24-15-6-2-1-3-7-15/h4-5,8-11,13,15,24H,1-3,6-7,12H2. The van der Waals surface area contributed by atoms with Crippen LogP contribution < -0.4 is 10.1 Å². The number of nitrogens with zero attached hydrogens (tertiary/aromatic N) is 2. The third kappa shape index (κ3) is 4.03. The highest BCUT2D eigenvalue weighted by Crippen LogP contribution is 2.37. The average Bonchev–Trinajstić information content (AvgIpc) is 3.06. The summed E-state index contributed by atoms with van der Waals surface area (Å²) in [5.41, 5.74) is 2.36. The van der Waals surface area contributed by atoms with Gasteiger partial charge in [0.05, 0.1) is 0 Å². The SMILES string of the molecule is O=C(CCl)Oc1ccccc1-c1nc2ccc(Br)cn2c1NC1CCCCC1. The Morgan fingerprint density at radius 1 is 1.21 bits per heavy atom. The Morgan fingerprint density at radius 3 is 2.79 bits per heavy atom. The van der Waals surface area contributed by atoms with Crippen molar-refractivity contribution in [1.82, 2.24) is 9.38 Å². The summed E-state index contributed by atoms with van der Waals surface area (Å²) < 4.78 is 8.48. The lowest BCUT2D eigenvalue weighted by atomic mass is 9.95. The summed E-state index contributed by atoms with van der Waals surface area (Å²) in [6, 6.07) is 11.8. The van der Waals surface area contributed by atoms with Crippen LogP contribution in [0.1, 0.15) is 32.1 Å². The van der Waals surface area contributed by atoms with Crippen molar-refractivity contribution in [3.8, 4) is 17.0 Å². The second kappa shape index (κ2) is 8.53. The van der Waals surface area contributed by atoms with Crippen molar-refractivity contribution in [3.05, 3.63) is 47.1 Å². The minimum Gasteiger partial charge on any atom is -0.425 e. The summed E-state index contributed by atoms with van der Waals surface area (Å²) in [6.45, 7) is 0. The number of aromatic nitrogens is 2. The van der Waals surface area contributed by atoms with Crippen LogP contribution in [0.3, 0.4) is 0 Å². The Bertz CT molecular complexity index is 998. The Morgan fingerprint density at radius 2 is 2.00 bits per heavy atom. The zero-order valence-corrected chi connectivity index (χ0v) is 17.7. The number of para-hydroxylation sites is 1. The maximum absolute atomic E-state index is 11.8. The highest BCUT2D eigenvalue weighted by Gasteiger charge is 2.22. The van der Waals surface area contributed by atoms with Gasteiger partial charge in [-0.05, 0) is 53.0 Å². The van der Waals surface area contributed by atoms with Crippen molar-refractivity contribution >= 4 is 45.0 Å². The average molecular weight is 463 g/mol.